The number of carboxylic acids is 1. The van der Waals surface area contributed by atoms with E-state index in [1.54, 1.807) is 4.90 Å². The lowest BCUT2D eigenvalue weighted by molar-refractivity contribution is -0.141. The third-order valence-electron chi connectivity index (χ3n) is 4.33. The van der Waals surface area contributed by atoms with Crippen LogP contribution in [-0.2, 0) is 9.59 Å². The van der Waals surface area contributed by atoms with Crippen LogP contribution in [0.1, 0.15) is 29.2 Å². The fraction of sp³-hybridized carbons (Fsp3) is 0.263. The van der Waals surface area contributed by atoms with Gasteiger partial charge in [-0.05, 0) is 18.1 Å². The Morgan fingerprint density at radius 2 is 1.70 bits per heavy atom. The molecule has 0 spiro atoms. The second kappa shape index (κ2) is 6.24. The second-order valence-electron chi connectivity index (χ2n) is 6.01. The van der Waals surface area contributed by atoms with Gasteiger partial charge in [0, 0.05) is 13.0 Å². The van der Waals surface area contributed by atoms with Crippen molar-refractivity contribution in [1.82, 2.24) is 4.90 Å². The molecule has 1 N–H and O–H groups in total. The number of carbonyl (C=O) groups is 2. The molecule has 0 saturated carbocycles. The Morgan fingerprint density at radius 3 is 2.26 bits per heavy atom. The number of aryl methyl sites for hydroxylation is 1. The number of benzene rings is 2. The largest absolute Gasteiger partial charge is 0.481 e. The average Bonchev–Trinajstić information content (AvgIpc) is 2.93. The summed E-state index contributed by atoms with van der Waals surface area (Å²) >= 11 is 0. The standard InChI is InChI=1S/C19H19NO3/c1-13-7-9-15(10-8-13)18(14-5-3-2-4-6-14)20-12-16(19(22)23)11-17(20)21/h2-10,16,18H,11-12H2,1H3,(H,22,23). The summed E-state index contributed by atoms with van der Waals surface area (Å²) in [6, 6.07) is 17.6. The smallest absolute Gasteiger partial charge is 0.308 e. The molecule has 1 heterocycles. The van der Waals surface area contributed by atoms with Gasteiger partial charge in [-0.1, -0.05) is 60.2 Å². The predicted octanol–water partition coefficient (Wildman–Crippen LogP) is 3.02. The maximum Gasteiger partial charge on any atom is 0.308 e. The molecule has 2 aromatic rings. The molecule has 1 aliphatic rings. The Morgan fingerprint density at radius 1 is 1.09 bits per heavy atom. The molecule has 1 aliphatic heterocycles. The Kier molecular flexibility index (Phi) is 4.15. The lowest BCUT2D eigenvalue weighted by atomic mass is 9.96. The minimum Gasteiger partial charge on any atom is -0.481 e. The van der Waals surface area contributed by atoms with Crippen LogP contribution in [0.4, 0.5) is 0 Å². The summed E-state index contributed by atoms with van der Waals surface area (Å²) in [5.41, 5.74) is 3.15. The summed E-state index contributed by atoms with van der Waals surface area (Å²) in [5.74, 6) is -1.64. The predicted molar refractivity (Wildman–Crippen MR) is 86.9 cm³/mol. The average molecular weight is 309 g/mol. The van der Waals surface area contributed by atoms with Crippen molar-refractivity contribution in [2.75, 3.05) is 6.54 Å². The molecule has 0 aromatic heterocycles. The molecular formula is C19H19NO3. The van der Waals surface area contributed by atoms with Gasteiger partial charge in [0.2, 0.25) is 5.91 Å². The highest BCUT2D eigenvalue weighted by Crippen LogP contribution is 2.34. The number of hydrogen-bond donors (Lipinski definition) is 1. The van der Waals surface area contributed by atoms with Crippen molar-refractivity contribution in [3.63, 3.8) is 0 Å². The molecule has 4 nitrogen and oxygen atoms in total. The van der Waals surface area contributed by atoms with E-state index in [-0.39, 0.29) is 24.9 Å². The van der Waals surface area contributed by atoms with Crippen LogP contribution in [0.3, 0.4) is 0 Å². The maximum absolute atomic E-state index is 12.4. The van der Waals surface area contributed by atoms with Gasteiger partial charge < -0.3 is 10.0 Å². The highest BCUT2D eigenvalue weighted by Gasteiger charge is 2.38. The monoisotopic (exact) mass is 309 g/mol. The fourth-order valence-corrected chi connectivity index (χ4v) is 3.08. The fourth-order valence-electron chi connectivity index (χ4n) is 3.08. The zero-order valence-corrected chi connectivity index (χ0v) is 13.0. The van der Waals surface area contributed by atoms with E-state index in [2.05, 4.69) is 0 Å². The van der Waals surface area contributed by atoms with E-state index in [0.717, 1.165) is 16.7 Å². The van der Waals surface area contributed by atoms with Gasteiger partial charge in [-0.2, -0.15) is 0 Å². The first-order valence-electron chi connectivity index (χ1n) is 7.70. The molecule has 23 heavy (non-hydrogen) atoms. The van der Waals surface area contributed by atoms with Crippen LogP contribution >= 0.6 is 0 Å². The zero-order valence-electron chi connectivity index (χ0n) is 13.0. The minimum absolute atomic E-state index is 0.0739. The quantitative estimate of drug-likeness (QED) is 0.944. The van der Waals surface area contributed by atoms with Crippen LogP contribution in [0.5, 0.6) is 0 Å². The Bertz CT molecular complexity index is 709. The summed E-state index contributed by atoms with van der Waals surface area (Å²) < 4.78 is 0. The van der Waals surface area contributed by atoms with Crippen molar-refractivity contribution in [2.24, 2.45) is 5.92 Å². The number of nitrogens with zero attached hydrogens (tertiary/aromatic N) is 1. The van der Waals surface area contributed by atoms with Crippen LogP contribution in [0.25, 0.3) is 0 Å². The van der Waals surface area contributed by atoms with E-state index in [1.807, 2.05) is 61.5 Å². The molecule has 2 atom stereocenters. The number of carboxylic acid groups (broad SMARTS) is 1. The molecule has 2 aromatic carbocycles. The summed E-state index contributed by atoms with van der Waals surface area (Å²) in [6.45, 7) is 2.27. The number of likely N-dealkylation sites (tertiary alicyclic amines) is 1. The molecular weight excluding hydrogens is 290 g/mol. The van der Waals surface area contributed by atoms with Crippen molar-refractivity contribution >= 4 is 11.9 Å². The lowest BCUT2D eigenvalue weighted by Gasteiger charge is -2.29. The Balaban J connectivity index is 2.01. The Labute approximate surface area is 135 Å². The zero-order chi connectivity index (χ0) is 16.4. The summed E-state index contributed by atoms with van der Waals surface area (Å²) in [5, 5.41) is 9.23. The van der Waals surface area contributed by atoms with Gasteiger partial charge in [-0.25, -0.2) is 0 Å². The molecule has 0 bridgehead atoms. The van der Waals surface area contributed by atoms with Crippen LogP contribution in [0.2, 0.25) is 0 Å². The van der Waals surface area contributed by atoms with Crippen LogP contribution in [0, 0.1) is 12.8 Å². The first kappa shape index (κ1) is 15.3. The van der Waals surface area contributed by atoms with Gasteiger partial charge in [0.05, 0.1) is 12.0 Å². The first-order chi connectivity index (χ1) is 11.1. The molecule has 3 rings (SSSR count). The lowest BCUT2D eigenvalue weighted by Crippen LogP contribution is -2.31. The van der Waals surface area contributed by atoms with E-state index < -0.39 is 11.9 Å². The van der Waals surface area contributed by atoms with Gasteiger partial charge in [-0.15, -0.1) is 0 Å². The van der Waals surface area contributed by atoms with Gasteiger partial charge in [-0.3, -0.25) is 9.59 Å². The maximum atomic E-state index is 12.4. The second-order valence-corrected chi connectivity index (χ2v) is 6.01. The van der Waals surface area contributed by atoms with Crippen molar-refractivity contribution < 1.29 is 14.7 Å². The Hall–Kier alpha value is -2.62. The molecule has 1 saturated heterocycles. The van der Waals surface area contributed by atoms with E-state index in [9.17, 15) is 14.7 Å². The van der Waals surface area contributed by atoms with Gasteiger partial charge in [0.15, 0.2) is 0 Å². The molecule has 4 heteroatoms. The van der Waals surface area contributed by atoms with E-state index in [0.29, 0.717) is 0 Å². The molecule has 0 radical (unpaired) electrons. The SMILES string of the molecule is Cc1ccc(C(c2ccccc2)N2CC(C(=O)O)CC2=O)cc1. The molecule has 1 fully saturated rings. The van der Waals surface area contributed by atoms with Crippen LogP contribution in [-0.4, -0.2) is 28.4 Å². The minimum atomic E-state index is -0.906. The normalized spacial score (nSPS) is 18.9. The molecule has 118 valence electrons. The van der Waals surface area contributed by atoms with Crippen molar-refractivity contribution in [2.45, 2.75) is 19.4 Å². The molecule has 2 unspecified atom stereocenters. The van der Waals surface area contributed by atoms with Gasteiger partial charge in [0.1, 0.15) is 0 Å². The number of hydrogen-bond acceptors (Lipinski definition) is 2. The highest BCUT2D eigenvalue weighted by atomic mass is 16.4. The summed E-state index contributed by atoms with van der Waals surface area (Å²) in [4.78, 5) is 25.4. The highest BCUT2D eigenvalue weighted by molar-refractivity contribution is 5.86. The number of carbonyl (C=O) groups excluding carboxylic acids is 1. The van der Waals surface area contributed by atoms with Gasteiger partial charge >= 0.3 is 5.97 Å². The van der Waals surface area contributed by atoms with Crippen LogP contribution < -0.4 is 0 Å². The van der Waals surface area contributed by atoms with Crippen LogP contribution in [0.15, 0.2) is 54.6 Å². The molecule has 0 aliphatic carbocycles. The van der Waals surface area contributed by atoms with E-state index in [4.69, 9.17) is 0 Å². The van der Waals surface area contributed by atoms with E-state index >= 15 is 0 Å². The van der Waals surface area contributed by atoms with Crippen molar-refractivity contribution in [3.8, 4) is 0 Å². The van der Waals surface area contributed by atoms with Crippen molar-refractivity contribution in [3.05, 3.63) is 71.3 Å². The molecule has 1 amide bonds. The van der Waals surface area contributed by atoms with Gasteiger partial charge in [0.25, 0.3) is 0 Å². The summed E-state index contributed by atoms with van der Waals surface area (Å²) in [6.07, 6.45) is 0.0739. The third kappa shape index (κ3) is 3.11. The summed E-state index contributed by atoms with van der Waals surface area (Å²) in [7, 11) is 0. The number of amides is 1. The number of rotatable bonds is 4. The topological polar surface area (TPSA) is 57.6 Å². The van der Waals surface area contributed by atoms with Crippen molar-refractivity contribution in [1.29, 1.82) is 0 Å². The van der Waals surface area contributed by atoms with E-state index in [1.165, 1.54) is 0 Å². The first-order valence-corrected chi connectivity index (χ1v) is 7.70. The number of aliphatic carboxylic acids is 1. The third-order valence-corrected chi connectivity index (χ3v) is 4.33.